The second-order valence-electron chi connectivity index (χ2n) is 7.84. The Morgan fingerprint density at radius 3 is 2.32 bits per heavy atom. The number of likely N-dealkylation sites (N-methyl/N-ethyl adjacent to an activating group) is 1. The summed E-state index contributed by atoms with van der Waals surface area (Å²) in [6.07, 6.45) is 4.44. The number of fused-ring (bicyclic) bond motifs is 3. The van der Waals surface area contributed by atoms with Gasteiger partial charge in [0.2, 0.25) is 5.78 Å². The molecular formula is C24H26N2O4S. The number of hydrogen-bond acceptors (Lipinski definition) is 4. The van der Waals surface area contributed by atoms with E-state index in [1.54, 1.807) is 54.6 Å². The van der Waals surface area contributed by atoms with Gasteiger partial charge in [-0.3, -0.25) is 13.9 Å². The van der Waals surface area contributed by atoms with Crippen molar-refractivity contribution in [3.05, 3.63) is 72.3 Å². The highest BCUT2D eigenvalue weighted by atomic mass is 32.2. The Labute approximate surface area is 183 Å². The van der Waals surface area contributed by atoms with Gasteiger partial charge < -0.3 is 4.90 Å². The van der Waals surface area contributed by atoms with Crippen LogP contribution in [0.5, 0.6) is 0 Å². The Balaban J connectivity index is 1.92. The fraction of sp³-hybridized carbons (Fsp3) is 0.333. The normalized spacial score (nSPS) is 22.0. The number of allylic oxidation sites excluding steroid dienone is 1. The van der Waals surface area contributed by atoms with Crippen LogP contribution in [-0.4, -0.2) is 44.1 Å². The molecule has 0 unspecified atom stereocenters. The van der Waals surface area contributed by atoms with Crippen LogP contribution in [0.15, 0.2) is 71.6 Å². The van der Waals surface area contributed by atoms with Crippen LogP contribution in [-0.2, 0) is 25.0 Å². The molecule has 0 spiro atoms. The van der Waals surface area contributed by atoms with Crippen molar-refractivity contribution in [2.24, 2.45) is 0 Å². The van der Waals surface area contributed by atoms with Gasteiger partial charge in [0.05, 0.1) is 22.0 Å². The monoisotopic (exact) mass is 438 g/mol. The zero-order valence-corrected chi connectivity index (χ0v) is 18.5. The highest BCUT2D eigenvalue weighted by Crippen LogP contribution is 2.53. The van der Waals surface area contributed by atoms with E-state index in [0.29, 0.717) is 37.2 Å². The Hall–Kier alpha value is -2.93. The first-order valence-corrected chi connectivity index (χ1v) is 12.0. The summed E-state index contributed by atoms with van der Waals surface area (Å²) < 4.78 is 28.8. The number of carbonyl (C=O) groups excluding carboxylic acids is 2. The van der Waals surface area contributed by atoms with Crippen LogP contribution in [0.2, 0.25) is 0 Å². The lowest BCUT2D eigenvalue weighted by molar-refractivity contribution is -0.147. The zero-order chi connectivity index (χ0) is 22.2. The Kier molecular flexibility index (Phi) is 5.47. The van der Waals surface area contributed by atoms with Crippen molar-refractivity contribution in [2.45, 2.75) is 43.0 Å². The quantitative estimate of drug-likeness (QED) is 0.512. The molecule has 1 aliphatic carbocycles. The predicted octanol–water partition coefficient (Wildman–Crippen LogP) is 3.29. The van der Waals surface area contributed by atoms with Crippen LogP contribution in [0.25, 0.3) is 0 Å². The van der Waals surface area contributed by atoms with Gasteiger partial charge in [-0.1, -0.05) is 48.6 Å². The lowest BCUT2D eigenvalue weighted by atomic mass is 9.67. The number of ketones is 1. The molecule has 1 amide bonds. The molecule has 162 valence electrons. The topological polar surface area (TPSA) is 74.8 Å². The molecule has 2 aliphatic rings. The van der Waals surface area contributed by atoms with Gasteiger partial charge in [0.25, 0.3) is 15.9 Å². The predicted molar refractivity (Wildman–Crippen MR) is 119 cm³/mol. The second kappa shape index (κ2) is 7.96. The summed E-state index contributed by atoms with van der Waals surface area (Å²) in [5, 5.41) is 0. The van der Waals surface area contributed by atoms with Crippen molar-refractivity contribution in [3.63, 3.8) is 0 Å². The third-order valence-electron chi connectivity index (χ3n) is 6.39. The maximum Gasteiger partial charge on any atom is 0.290 e. The number of hydrogen-bond donors (Lipinski definition) is 0. The SMILES string of the molecule is CCN(CC)C(=O)C(=O)[C@@]12CC=CC[C@@H]1N(S(=O)(=O)c1ccccc1)c1ccccc12. The smallest absolute Gasteiger partial charge is 0.290 e. The molecular weight excluding hydrogens is 412 g/mol. The van der Waals surface area contributed by atoms with Gasteiger partial charge in [-0.25, -0.2) is 8.42 Å². The number of carbonyl (C=O) groups is 2. The van der Waals surface area contributed by atoms with Crippen molar-refractivity contribution in [2.75, 3.05) is 17.4 Å². The van der Waals surface area contributed by atoms with E-state index in [1.807, 2.05) is 26.0 Å². The van der Waals surface area contributed by atoms with Gasteiger partial charge in [0, 0.05) is 13.1 Å². The highest BCUT2D eigenvalue weighted by molar-refractivity contribution is 7.93. The summed E-state index contributed by atoms with van der Waals surface area (Å²) >= 11 is 0. The summed E-state index contributed by atoms with van der Waals surface area (Å²) in [7, 11) is -3.93. The largest absolute Gasteiger partial charge is 0.337 e. The van der Waals surface area contributed by atoms with Crippen LogP contribution in [0.1, 0.15) is 32.3 Å². The minimum absolute atomic E-state index is 0.165. The molecule has 7 heteroatoms. The van der Waals surface area contributed by atoms with Crippen LogP contribution >= 0.6 is 0 Å². The molecule has 1 heterocycles. The van der Waals surface area contributed by atoms with Gasteiger partial charge in [-0.2, -0.15) is 0 Å². The van der Waals surface area contributed by atoms with Crippen LogP contribution in [0.3, 0.4) is 0 Å². The van der Waals surface area contributed by atoms with E-state index in [4.69, 9.17) is 0 Å². The van der Waals surface area contributed by atoms with Crippen LogP contribution in [0.4, 0.5) is 5.69 Å². The molecule has 1 aliphatic heterocycles. The lowest BCUT2D eigenvalue weighted by Crippen LogP contribution is -2.56. The molecule has 0 saturated heterocycles. The van der Waals surface area contributed by atoms with Crippen LogP contribution < -0.4 is 4.31 Å². The van der Waals surface area contributed by atoms with E-state index in [2.05, 4.69) is 0 Å². The maximum atomic E-state index is 13.8. The molecule has 4 rings (SSSR count). The molecule has 0 N–H and O–H groups in total. The number of benzene rings is 2. The van der Waals surface area contributed by atoms with Crippen molar-refractivity contribution < 1.29 is 18.0 Å². The minimum atomic E-state index is -3.93. The highest BCUT2D eigenvalue weighted by Gasteiger charge is 2.60. The van der Waals surface area contributed by atoms with Crippen molar-refractivity contribution in [3.8, 4) is 0 Å². The third kappa shape index (κ3) is 3.10. The molecule has 31 heavy (non-hydrogen) atoms. The summed E-state index contributed by atoms with van der Waals surface area (Å²) in [6, 6.07) is 14.6. The lowest BCUT2D eigenvalue weighted by Gasteiger charge is -2.39. The van der Waals surface area contributed by atoms with Crippen LogP contribution in [0, 0.1) is 0 Å². The van der Waals surface area contributed by atoms with Gasteiger partial charge in [-0.15, -0.1) is 0 Å². The molecule has 0 aromatic heterocycles. The third-order valence-corrected chi connectivity index (χ3v) is 8.23. The molecule has 2 aromatic rings. The fourth-order valence-corrected chi connectivity index (χ4v) is 6.59. The summed E-state index contributed by atoms with van der Waals surface area (Å²) in [5.74, 6) is -1.09. The van der Waals surface area contributed by atoms with E-state index in [9.17, 15) is 18.0 Å². The number of nitrogens with zero attached hydrogens (tertiary/aromatic N) is 2. The average Bonchev–Trinajstić information content (AvgIpc) is 3.12. The number of sulfonamides is 1. The van der Waals surface area contributed by atoms with Crippen molar-refractivity contribution >= 4 is 27.4 Å². The Bertz CT molecular complexity index is 1140. The van der Waals surface area contributed by atoms with Gasteiger partial charge >= 0.3 is 0 Å². The summed E-state index contributed by atoms with van der Waals surface area (Å²) in [5.41, 5.74) is -0.150. The number of amides is 1. The number of anilines is 1. The number of rotatable bonds is 6. The van der Waals surface area contributed by atoms with Crippen molar-refractivity contribution in [1.29, 1.82) is 0 Å². The molecule has 0 saturated carbocycles. The molecule has 0 bridgehead atoms. The molecule has 6 nitrogen and oxygen atoms in total. The molecule has 2 aromatic carbocycles. The second-order valence-corrected chi connectivity index (χ2v) is 9.65. The molecule has 0 fully saturated rings. The number of Topliss-reactive ketones (excluding diaryl/α,β-unsaturated/α-hetero) is 1. The first kappa shape index (κ1) is 21.3. The van der Waals surface area contributed by atoms with E-state index < -0.39 is 33.2 Å². The van der Waals surface area contributed by atoms with E-state index in [0.717, 1.165) is 0 Å². The Morgan fingerprint density at radius 2 is 1.65 bits per heavy atom. The standard InChI is InChI=1S/C24H26N2O4S/c1-3-25(4-2)23(28)22(27)24-17-11-10-16-21(24)26(20-15-9-8-14-19(20)24)31(29,30)18-12-6-5-7-13-18/h5-15,21H,3-4,16-17H2,1-2H3/t21-,24+/m0/s1. The minimum Gasteiger partial charge on any atom is -0.337 e. The first-order valence-electron chi connectivity index (χ1n) is 10.6. The van der Waals surface area contributed by atoms with Gasteiger partial charge in [0.15, 0.2) is 0 Å². The summed E-state index contributed by atoms with van der Waals surface area (Å²) in [4.78, 5) is 28.6. The fourth-order valence-electron chi connectivity index (χ4n) is 4.84. The number of para-hydroxylation sites is 1. The first-order chi connectivity index (χ1) is 14.9. The van der Waals surface area contributed by atoms with Gasteiger partial charge in [0.1, 0.15) is 0 Å². The van der Waals surface area contributed by atoms with E-state index >= 15 is 0 Å². The van der Waals surface area contributed by atoms with E-state index in [-0.39, 0.29) is 4.90 Å². The Morgan fingerprint density at radius 1 is 1.00 bits per heavy atom. The van der Waals surface area contributed by atoms with Gasteiger partial charge in [-0.05, 0) is 50.5 Å². The molecule has 2 atom stereocenters. The summed E-state index contributed by atoms with van der Waals surface area (Å²) in [6.45, 7) is 4.51. The maximum absolute atomic E-state index is 13.8. The van der Waals surface area contributed by atoms with E-state index in [1.165, 1.54) is 9.21 Å². The van der Waals surface area contributed by atoms with Crippen molar-refractivity contribution in [1.82, 2.24) is 4.90 Å². The average molecular weight is 439 g/mol. The zero-order valence-electron chi connectivity index (χ0n) is 17.7. The molecule has 0 radical (unpaired) electrons.